The maximum Gasteiger partial charge on any atom is 0.344 e. The third-order valence-electron chi connectivity index (χ3n) is 4.80. The van der Waals surface area contributed by atoms with Crippen LogP contribution in [0.25, 0.3) is 11.0 Å². The van der Waals surface area contributed by atoms with Crippen molar-refractivity contribution < 1.29 is 38.6 Å². The molecule has 4 N–H and O–H groups in total. The number of carboxylic acid groups (broad SMARTS) is 1. The lowest BCUT2D eigenvalue weighted by Gasteiger charge is -2.15. The van der Waals surface area contributed by atoms with Gasteiger partial charge in [-0.2, -0.15) is 0 Å². The first-order valence-electron chi connectivity index (χ1n) is 10.7. The van der Waals surface area contributed by atoms with Gasteiger partial charge >= 0.3 is 17.6 Å². The van der Waals surface area contributed by atoms with E-state index in [2.05, 4.69) is 35.6 Å². The lowest BCUT2D eigenvalue weighted by Crippen LogP contribution is -2.45. The largest absolute Gasteiger partial charge is 0.479 e. The number of carboxylic acids is 1. The van der Waals surface area contributed by atoms with Crippen molar-refractivity contribution in [3.8, 4) is 0 Å². The van der Waals surface area contributed by atoms with Crippen molar-refractivity contribution in [2.24, 2.45) is 0 Å². The summed E-state index contributed by atoms with van der Waals surface area (Å²) in [6.07, 6.45) is 0.810. The number of anilines is 1. The summed E-state index contributed by atoms with van der Waals surface area (Å²) >= 11 is 0. The van der Waals surface area contributed by atoms with E-state index >= 15 is 0 Å². The number of fused-ring (bicyclic) bond motifs is 1. The summed E-state index contributed by atoms with van der Waals surface area (Å²) in [7, 11) is 0. The molecule has 2 amide bonds. The second-order valence-electron chi connectivity index (χ2n) is 7.57. The molecule has 0 radical (unpaired) electrons. The van der Waals surface area contributed by atoms with Crippen LogP contribution in [0.5, 0.6) is 0 Å². The quantitative estimate of drug-likeness (QED) is 0.124. The summed E-state index contributed by atoms with van der Waals surface area (Å²) < 4.78 is 9.26. The number of esters is 1. The molecule has 2 aromatic rings. The van der Waals surface area contributed by atoms with E-state index in [4.69, 9.17) is 5.11 Å². The van der Waals surface area contributed by atoms with Crippen molar-refractivity contribution in [2.45, 2.75) is 51.7 Å². The molecule has 0 aliphatic rings. The summed E-state index contributed by atoms with van der Waals surface area (Å²) in [5, 5.41) is 34.9. The van der Waals surface area contributed by atoms with Gasteiger partial charge in [0.15, 0.2) is 11.6 Å². The predicted octanol–water partition coefficient (Wildman–Crippen LogP) is 0.740. The molecule has 1 heterocycles. The molecule has 0 aliphatic heterocycles. The van der Waals surface area contributed by atoms with Gasteiger partial charge in [0.1, 0.15) is 6.04 Å². The number of carbonyl (C=O) groups excluding carboxylic acids is 3. The normalized spacial score (nSPS) is 12.4. The maximum absolute atomic E-state index is 11.9. The van der Waals surface area contributed by atoms with Crippen molar-refractivity contribution >= 4 is 46.2 Å². The van der Waals surface area contributed by atoms with Crippen molar-refractivity contribution in [1.82, 2.24) is 20.9 Å². The van der Waals surface area contributed by atoms with Gasteiger partial charge in [0.05, 0.1) is 17.2 Å². The van der Waals surface area contributed by atoms with Gasteiger partial charge in [0, 0.05) is 19.0 Å². The first kappa shape index (κ1) is 26.9. The highest BCUT2D eigenvalue weighted by atomic mass is 16.6. The first-order chi connectivity index (χ1) is 16.6. The Kier molecular flexibility index (Phi) is 9.86. The standard InChI is InChI=1S/C20H26N6O9/c1-11(20(31)34-12(2)19(29)30)23-16(28)10-22-15(27)6-4-3-5-9-21-13-7-8-14(26(32)33)18-17(13)24-35-25-18/h7-8,11-12,21H,3-6,9-10H2,1-2H3,(H,22,27)(H,23,28)(H,29,30)/t11-,12-/m1/s1. The summed E-state index contributed by atoms with van der Waals surface area (Å²) in [4.78, 5) is 56.6. The van der Waals surface area contributed by atoms with Crippen LogP contribution in [0.1, 0.15) is 39.5 Å². The predicted molar refractivity (Wildman–Crippen MR) is 119 cm³/mol. The second kappa shape index (κ2) is 12.8. The number of hydrogen-bond acceptors (Lipinski definition) is 11. The van der Waals surface area contributed by atoms with Crippen LogP contribution in [0.3, 0.4) is 0 Å². The lowest BCUT2D eigenvalue weighted by atomic mass is 10.1. The number of benzene rings is 1. The van der Waals surface area contributed by atoms with Crippen LogP contribution in [0, 0.1) is 10.1 Å². The number of nitro benzene ring substituents is 1. The molecule has 15 heteroatoms. The Labute approximate surface area is 198 Å². The number of nitrogens with one attached hydrogen (secondary N) is 3. The van der Waals surface area contributed by atoms with Gasteiger partial charge in [-0.15, -0.1) is 0 Å². The number of amides is 2. The third kappa shape index (κ3) is 8.21. The van der Waals surface area contributed by atoms with E-state index in [1.165, 1.54) is 26.0 Å². The highest BCUT2D eigenvalue weighted by molar-refractivity contribution is 5.93. The lowest BCUT2D eigenvalue weighted by molar-refractivity contribution is -0.383. The van der Waals surface area contributed by atoms with Crippen LogP contribution in [0.15, 0.2) is 16.8 Å². The van der Waals surface area contributed by atoms with Crippen LogP contribution in [0.2, 0.25) is 0 Å². The smallest absolute Gasteiger partial charge is 0.344 e. The minimum absolute atomic E-state index is 0.0572. The number of ether oxygens (including phenoxy) is 1. The topological polar surface area (TPSA) is 216 Å². The van der Waals surface area contributed by atoms with Crippen LogP contribution >= 0.6 is 0 Å². The number of nitrogens with zero attached hydrogens (tertiary/aromatic N) is 3. The van der Waals surface area contributed by atoms with Crippen molar-refractivity contribution in [3.63, 3.8) is 0 Å². The Bertz CT molecular complexity index is 1090. The Balaban J connectivity index is 1.61. The van der Waals surface area contributed by atoms with Gasteiger partial charge < -0.3 is 25.8 Å². The molecule has 0 bridgehead atoms. The van der Waals surface area contributed by atoms with Crippen molar-refractivity contribution in [3.05, 3.63) is 22.2 Å². The van der Waals surface area contributed by atoms with E-state index in [0.29, 0.717) is 31.5 Å². The Morgan fingerprint density at radius 3 is 2.51 bits per heavy atom. The second-order valence-corrected chi connectivity index (χ2v) is 7.57. The van der Waals surface area contributed by atoms with Gasteiger partial charge in [0.2, 0.25) is 17.3 Å². The van der Waals surface area contributed by atoms with E-state index in [9.17, 15) is 29.3 Å². The summed E-state index contributed by atoms with van der Waals surface area (Å²) in [6.45, 7) is 2.71. The molecule has 15 nitrogen and oxygen atoms in total. The van der Waals surface area contributed by atoms with Crippen molar-refractivity contribution in [1.29, 1.82) is 0 Å². The Morgan fingerprint density at radius 2 is 1.83 bits per heavy atom. The van der Waals surface area contributed by atoms with Crippen molar-refractivity contribution in [2.75, 3.05) is 18.4 Å². The van der Waals surface area contributed by atoms with Crippen LogP contribution < -0.4 is 16.0 Å². The fourth-order valence-electron chi connectivity index (χ4n) is 2.90. The number of aliphatic carboxylic acids is 1. The average molecular weight is 494 g/mol. The number of rotatable bonds is 14. The molecule has 35 heavy (non-hydrogen) atoms. The molecular formula is C20H26N6O9. The van der Waals surface area contributed by atoms with Gasteiger partial charge in [-0.3, -0.25) is 19.7 Å². The molecule has 0 aliphatic carbocycles. The molecule has 190 valence electrons. The fourth-order valence-corrected chi connectivity index (χ4v) is 2.90. The number of hydrogen-bond donors (Lipinski definition) is 4. The molecule has 0 saturated heterocycles. The van der Waals surface area contributed by atoms with Crippen LogP contribution in [0.4, 0.5) is 11.4 Å². The highest BCUT2D eigenvalue weighted by Gasteiger charge is 2.23. The summed E-state index contributed by atoms with van der Waals surface area (Å²) in [5.41, 5.74) is 0.664. The van der Waals surface area contributed by atoms with Gasteiger partial charge in [-0.1, -0.05) is 6.42 Å². The molecule has 0 spiro atoms. The zero-order chi connectivity index (χ0) is 26.0. The SMILES string of the molecule is C[C@@H](NC(=O)CNC(=O)CCCCCNc1ccc([N+](=O)[O-])c2nonc12)C(=O)O[C@H](C)C(=O)O. The van der Waals surface area contributed by atoms with Gasteiger partial charge in [-0.25, -0.2) is 14.2 Å². The van der Waals surface area contributed by atoms with Gasteiger partial charge in [0.25, 0.3) is 0 Å². The minimum Gasteiger partial charge on any atom is -0.479 e. The molecule has 1 aromatic heterocycles. The fraction of sp³-hybridized carbons (Fsp3) is 0.500. The van der Waals surface area contributed by atoms with Crippen LogP contribution in [-0.4, -0.2) is 69.3 Å². The van der Waals surface area contributed by atoms with E-state index in [1.54, 1.807) is 0 Å². The first-order valence-corrected chi connectivity index (χ1v) is 10.7. The number of aromatic nitrogens is 2. The molecule has 2 rings (SSSR count). The third-order valence-corrected chi connectivity index (χ3v) is 4.80. The summed E-state index contributed by atoms with van der Waals surface area (Å²) in [6, 6.07) is 1.77. The van der Waals surface area contributed by atoms with E-state index in [1.807, 2.05) is 0 Å². The minimum atomic E-state index is -1.34. The number of carbonyl (C=O) groups is 4. The maximum atomic E-state index is 11.9. The summed E-state index contributed by atoms with van der Waals surface area (Å²) in [5.74, 6) is -3.17. The average Bonchev–Trinajstić information content (AvgIpc) is 3.29. The van der Waals surface area contributed by atoms with E-state index in [0.717, 1.165) is 0 Å². The number of nitro groups is 1. The number of unbranched alkanes of at least 4 members (excludes halogenated alkanes) is 2. The van der Waals surface area contributed by atoms with E-state index < -0.39 is 34.9 Å². The number of non-ortho nitro benzene ring substituents is 1. The monoisotopic (exact) mass is 494 g/mol. The molecule has 2 atom stereocenters. The molecule has 0 saturated carbocycles. The highest BCUT2D eigenvalue weighted by Crippen LogP contribution is 2.28. The molecule has 1 aromatic carbocycles. The van der Waals surface area contributed by atoms with Crippen LogP contribution in [-0.2, 0) is 23.9 Å². The molecule has 0 fully saturated rings. The molecular weight excluding hydrogens is 468 g/mol. The van der Waals surface area contributed by atoms with E-state index in [-0.39, 0.29) is 35.6 Å². The molecule has 0 unspecified atom stereocenters. The Hall–Kier alpha value is -4.30. The Morgan fingerprint density at radius 1 is 1.11 bits per heavy atom. The van der Waals surface area contributed by atoms with Gasteiger partial charge in [-0.05, 0) is 43.1 Å². The zero-order valence-corrected chi connectivity index (χ0v) is 19.1. The zero-order valence-electron chi connectivity index (χ0n) is 19.1.